The fourth-order valence-corrected chi connectivity index (χ4v) is 1.94. The number of halogens is 4. The minimum Gasteiger partial charge on any atom is -0.376 e. The van der Waals surface area contributed by atoms with Gasteiger partial charge in [-0.15, -0.1) is 0 Å². The second-order valence-corrected chi connectivity index (χ2v) is 4.59. The molecule has 0 radical (unpaired) electrons. The molecule has 1 N–H and O–H groups in total. The van der Waals surface area contributed by atoms with Gasteiger partial charge in [-0.25, -0.2) is 13.2 Å². The Hall–Kier alpha value is -1.68. The first-order valence-corrected chi connectivity index (χ1v) is 6.01. The lowest BCUT2D eigenvalue weighted by Crippen LogP contribution is -2.10. The number of anilines is 1. The number of rotatable bonds is 3. The molecule has 1 atom stereocenters. The van der Waals surface area contributed by atoms with Gasteiger partial charge in [0.05, 0.1) is 11.7 Å². The summed E-state index contributed by atoms with van der Waals surface area (Å²) in [5.41, 5.74) is 0.267. The van der Waals surface area contributed by atoms with Crippen molar-refractivity contribution in [2.45, 2.75) is 13.0 Å². The average Bonchev–Trinajstić information content (AvgIpc) is 2.36. The lowest BCUT2D eigenvalue weighted by Gasteiger charge is -2.17. The minimum atomic E-state index is -0.594. The van der Waals surface area contributed by atoms with E-state index in [1.54, 1.807) is 6.92 Å². The Kier molecular flexibility index (Phi) is 4.00. The van der Waals surface area contributed by atoms with Crippen LogP contribution in [0.3, 0.4) is 0 Å². The van der Waals surface area contributed by atoms with E-state index in [2.05, 4.69) is 5.32 Å². The van der Waals surface area contributed by atoms with Crippen LogP contribution in [0.25, 0.3) is 0 Å². The molecule has 0 amide bonds. The van der Waals surface area contributed by atoms with Crippen LogP contribution >= 0.6 is 11.6 Å². The van der Waals surface area contributed by atoms with Crippen molar-refractivity contribution in [3.05, 3.63) is 64.4 Å². The largest absolute Gasteiger partial charge is 0.376 e. The van der Waals surface area contributed by atoms with Crippen LogP contribution in [0.5, 0.6) is 0 Å². The van der Waals surface area contributed by atoms with E-state index in [1.807, 2.05) is 0 Å². The average molecular weight is 286 g/mol. The first kappa shape index (κ1) is 13.7. The molecule has 0 heterocycles. The van der Waals surface area contributed by atoms with Gasteiger partial charge in [-0.05, 0) is 43.3 Å². The molecule has 1 unspecified atom stereocenters. The van der Waals surface area contributed by atoms with E-state index in [9.17, 15) is 13.2 Å². The summed E-state index contributed by atoms with van der Waals surface area (Å²) in [6.07, 6.45) is 0. The quantitative estimate of drug-likeness (QED) is 0.843. The molecule has 2 rings (SSSR count). The highest BCUT2D eigenvalue weighted by Gasteiger charge is 2.14. The van der Waals surface area contributed by atoms with E-state index < -0.39 is 23.5 Å². The Morgan fingerprint density at radius 2 is 1.68 bits per heavy atom. The predicted molar refractivity (Wildman–Crippen MR) is 69.8 cm³/mol. The van der Waals surface area contributed by atoms with Gasteiger partial charge in [-0.2, -0.15) is 0 Å². The zero-order valence-electron chi connectivity index (χ0n) is 10.1. The van der Waals surface area contributed by atoms with Crippen LogP contribution in [0.15, 0.2) is 36.4 Å². The molecule has 5 heteroatoms. The van der Waals surface area contributed by atoms with Gasteiger partial charge in [0.15, 0.2) is 0 Å². The Morgan fingerprint density at radius 3 is 2.42 bits per heavy atom. The molecule has 1 nitrogen and oxygen atoms in total. The highest BCUT2D eigenvalue weighted by atomic mass is 35.5. The van der Waals surface area contributed by atoms with Crippen molar-refractivity contribution in [3.63, 3.8) is 0 Å². The van der Waals surface area contributed by atoms with Crippen LogP contribution in [0.2, 0.25) is 5.02 Å². The van der Waals surface area contributed by atoms with Gasteiger partial charge in [0.2, 0.25) is 0 Å². The second-order valence-electron chi connectivity index (χ2n) is 4.16. The van der Waals surface area contributed by atoms with Gasteiger partial charge in [0.1, 0.15) is 17.5 Å². The second kappa shape index (κ2) is 5.53. The number of hydrogen-bond acceptors (Lipinski definition) is 1. The molecule has 0 spiro atoms. The van der Waals surface area contributed by atoms with Crippen molar-refractivity contribution in [2.75, 3.05) is 5.32 Å². The fourth-order valence-electron chi connectivity index (χ4n) is 1.77. The third-order valence-electron chi connectivity index (χ3n) is 2.72. The maximum Gasteiger partial charge on any atom is 0.146 e. The summed E-state index contributed by atoms with van der Waals surface area (Å²) in [5, 5.41) is 3.13. The summed E-state index contributed by atoms with van der Waals surface area (Å²) in [4.78, 5) is 0. The van der Waals surface area contributed by atoms with Crippen molar-refractivity contribution in [2.24, 2.45) is 0 Å². The van der Waals surface area contributed by atoms with Gasteiger partial charge < -0.3 is 5.32 Å². The monoisotopic (exact) mass is 285 g/mol. The Labute approximate surface area is 114 Å². The molecule has 2 aromatic rings. The molecule has 0 aromatic heterocycles. The predicted octanol–water partition coefficient (Wildman–Crippen LogP) is 4.93. The molecule has 0 aliphatic rings. The van der Waals surface area contributed by atoms with Crippen LogP contribution in [-0.2, 0) is 0 Å². The molecule has 0 aliphatic heterocycles. The van der Waals surface area contributed by atoms with Crippen LogP contribution < -0.4 is 5.32 Å². The lowest BCUT2D eigenvalue weighted by molar-refractivity contribution is 0.575. The Morgan fingerprint density at radius 1 is 1.00 bits per heavy atom. The van der Waals surface area contributed by atoms with E-state index in [1.165, 1.54) is 18.2 Å². The smallest absolute Gasteiger partial charge is 0.146 e. The van der Waals surface area contributed by atoms with E-state index in [0.29, 0.717) is 5.02 Å². The Balaban J connectivity index is 2.27. The van der Waals surface area contributed by atoms with E-state index >= 15 is 0 Å². The highest BCUT2D eigenvalue weighted by Crippen LogP contribution is 2.26. The summed E-state index contributed by atoms with van der Waals surface area (Å²) < 4.78 is 40.2. The molecule has 0 fully saturated rings. The molecule has 0 bridgehead atoms. The van der Waals surface area contributed by atoms with E-state index in [0.717, 1.165) is 18.2 Å². The topological polar surface area (TPSA) is 12.0 Å². The van der Waals surface area contributed by atoms with Gasteiger partial charge in [0, 0.05) is 10.6 Å². The van der Waals surface area contributed by atoms with Crippen molar-refractivity contribution in [1.29, 1.82) is 0 Å². The summed E-state index contributed by atoms with van der Waals surface area (Å²) in [7, 11) is 0. The van der Waals surface area contributed by atoms with Gasteiger partial charge in [-0.1, -0.05) is 11.6 Å². The highest BCUT2D eigenvalue weighted by molar-refractivity contribution is 6.30. The van der Waals surface area contributed by atoms with Crippen LogP contribution in [0.4, 0.5) is 18.9 Å². The minimum absolute atomic E-state index is 0.124. The Bertz CT molecular complexity index is 601. The normalized spacial score (nSPS) is 12.3. The number of benzene rings is 2. The van der Waals surface area contributed by atoms with Crippen LogP contribution in [0, 0.1) is 17.5 Å². The van der Waals surface area contributed by atoms with Crippen molar-refractivity contribution in [3.8, 4) is 0 Å². The van der Waals surface area contributed by atoms with E-state index in [4.69, 9.17) is 11.6 Å². The van der Waals surface area contributed by atoms with Crippen molar-refractivity contribution >= 4 is 17.3 Å². The third kappa shape index (κ3) is 3.20. The first-order chi connectivity index (χ1) is 8.97. The molecular formula is C14H11ClF3N. The molecule has 0 saturated heterocycles. The number of hydrogen-bond donors (Lipinski definition) is 1. The summed E-state index contributed by atoms with van der Waals surface area (Å²) in [6, 6.07) is 6.57. The zero-order chi connectivity index (χ0) is 14.0. The summed E-state index contributed by atoms with van der Waals surface area (Å²) >= 11 is 5.76. The van der Waals surface area contributed by atoms with Gasteiger partial charge >= 0.3 is 0 Å². The van der Waals surface area contributed by atoms with E-state index in [-0.39, 0.29) is 11.3 Å². The number of nitrogens with one attached hydrogen (secondary N) is 1. The zero-order valence-corrected chi connectivity index (χ0v) is 10.8. The lowest BCUT2D eigenvalue weighted by atomic mass is 10.1. The maximum absolute atomic E-state index is 13.6. The fraction of sp³-hybridized carbons (Fsp3) is 0.143. The summed E-state index contributed by atoms with van der Waals surface area (Å²) in [6.45, 7) is 1.61. The third-order valence-corrected chi connectivity index (χ3v) is 2.96. The summed E-state index contributed by atoms with van der Waals surface area (Å²) in [5.74, 6) is -1.60. The van der Waals surface area contributed by atoms with Gasteiger partial charge in [-0.3, -0.25) is 0 Å². The maximum atomic E-state index is 13.6. The van der Waals surface area contributed by atoms with Crippen molar-refractivity contribution < 1.29 is 13.2 Å². The molecule has 19 heavy (non-hydrogen) atoms. The molecule has 0 saturated carbocycles. The molecular weight excluding hydrogens is 275 g/mol. The first-order valence-electron chi connectivity index (χ1n) is 5.64. The van der Waals surface area contributed by atoms with Crippen LogP contribution in [-0.4, -0.2) is 0 Å². The molecule has 0 aliphatic carbocycles. The standard InChI is InChI=1S/C14H11ClF3N/c1-8(11-7-10(16)3-5-12(11)17)19-14-6-9(15)2-4-13(14)18/h2-8,19H,1H3. The molecule has 2 aromatic carbocycles. The molecule has 100 valence electrons. The van der Waals surface area contributed by atoms with Crippen LogP contribution in [0.1, 0.15) is 18.5 Å². The van der Waals surface area contributed by atoms with Crippen molar-refractivity contribution in [1.82, 2.24) is 0 Å². The van der Waals surface area contributed by atoms with Gasteiger partial charge in [0.25, 0.3) is 0 Å². The SMILES string of the molecule is CC(Nc1cc(Cl)ccc1F)c1cc(F)ccc1F.